The molecule has 0 aliphatic heterocycles. The van der Waals surface area contributed by atoms with E-state index < -0.39 is 23.4 Å². The summed E-state index contributed by atoms with van der Waals surface area (Å²) in [7, 11) is 0. The smallest absolute Gasteiger partial charge is 0.350 e. The Morgan fingerprint density at radius 3 is 2.54 bits per heavy atom. The summed E-state index contributed by atoms with van der Waals surface area (Å²) in [5, 5.41) is 16.9. The lowest BCUT2D eigenvalue weighted by Crippen LogP contribution is -2.31. The molecule has 4 aromatic rings. The Labute approximate surface area is 239 Å². The molecule has 0 bridgehead atoms. The van der Waals surface area contributed by atoms with Gasteiger partial charge in [0.15, 0.2) is 11.6 Å². The molecule has 210 valence electrons. The van der Waals surface area contributed by atoms with Gasteiger partial charge in [-0.25, -0.2) is 9.67 Å². The Kier molecular flexibility index (Phi) is 8.59. The molecule has 0 saturated heterocycles. The summed E-state index contributed by atoms with van der Waals surface area (Å²) in [4.78, 5) is 31.0. The third-order valence-corrected chi connectivity index (χ3v) is 6.52. The van der Waals surface area contributed by atoms with Gasteiger partial charge in [0.1, 0.15) is 5.69 Å². The number of pyridine rings is 1. The highest BCUT2D eigenvalue weighted by Gasteiger charge is 2.30. The minimum atomic E-state index is -4.50. The molecular weight excluding hydrogens is 555 g/mol. The number of aryl methyl sites for hydroxylation is 1. The van der Waals surface area contributed by atoms with Crippen molar-refractivity contribution in [2.45, 2.75) is 45.8 Å². The van der Waals surface area contributed by atoms with E-state index in [1.807, 2.05) is 6.07 Å². The summed E-state index contributed by atoms with van der Waals surface area (Å²) in [6, 6.07) is 14.4. The van der Waals surface area contributed by atoms with Crippen molar-refractivity contribution >= 4 is 23.3 Å². The molecule has 2 heterocycles. The number of Topliss-reactive ketones (excluding diaryl/α,β-unsaturated/α-hetero) is 1. The zero-order valence-electron chi connectivity index (χ0n) is 22.4. The summed E-state index contributed by atoms with van der Waals surface area (Å²) >= 11 is 6.37. The van der Waals surface area contributed by atoms with Crippen LogP contribution in [0.5, 0.6) is 0 Å². The number of carbonyl (C=O) groups excluding carboxylic acids is 2. The average Bonchev–Trinajstić information content (AvgIpc) is 3.32. The number of alkyl halides is 3. The predicted octanol–water partition coefficient (Wildman–Crippen LogP) is 6.27. The van der Waals surface area contributed by atoms with Crippen LogP contribution in [-0.4, -0.2) is 32.5 Å². The topological polar surface area (TPSA) is 101 Å². The molecule has 0 aliphatic carbocycles. The molecule has 7 nitrogen and oxygen atoms in total. The molecule has 2 aromatic heterocycles. The molecule has 41 heavy (non-hydrogen) atoms. The number of rotatable bonds is 8. The Bertz CT molecular complexity index is 1670. The summed E-state index contributed by atoms with van der Waals surface area (Å²) in [5.74, 6) is -0.683. The van der Waals surface area contributed by atoms with E-state index in [4.69, 9.17) is 11.6 Å². The van der Waals surface area contributed by atoms with Crippen LogP contribution in [0.3, 0.4) is 0 Å². The van der Waals surface area contributed by atoms with E-state index in [2.05, 4.69) is 15.4 Å². The van der Waals surface area contributed by atoms with Gasteiger partial charge < -0.3 is 5.32 Å². The number of nitriles is 1. The van der Waals surface area contributed by atoms with Gasteiger partial charge in [-0.15, -0.1) is 0 Å². The minimum absolute atomic E-state index is 0.0135. The highest BCUT2D eigenvalue weighted by Crippen LogP contribution is 2.30. The highest BCUT2D eigenvalue weighted by atomic mass is 35.5. The number of nitrogens with zero attached hydrogens (tertiary/aromatic N) is 4. The van der Waals surface area contributed by atoms with Crippen LogP contribution >= 0.6 is 11.6 Å². The van der Waals surface area contributed by atoms with E-state index in [0.717, 1.165) is 12.1 Å². The largest absolute Gasteiger partial charge is 0.416 e. The number of halogens is 4. The van der Waals surface area contributed by atoms with Crippen LogP contribution in [0.1, 0.15) is 68.2 Å². The molecule has 2 aromatic carbocycles. The molecule has 4 rings (SSSR count). The molecule has 1 N–H and O–H groups in total. The highest BCUT2D eigenvalue weighted by molar-refractivity contribution is 6.32. The zero-order chi connectivity index (χ0) is 29.9. The number of benzene rings is 2. The molecule has 0 saturated carbocycles. The number of hydrogen-bond acceptors (Lipinski definition) is 5. The van der Waals surface area contributed by atoms with Crippen molar-refractivity contribution < 1.29 is 22.8 Å². The molecule has 0 spiro atoms. The van der Waals surface area contributed by atoms with Crippen LogP contribution in [-0.2, 0) is 19.0 Å². The fourth-order valence-electron chi connectivity index (χ4n) is 4.39. The third kappa shape index (κ3) is 6.81. The van der Waals surface area contributed by atoms with Crippen molar-refractivity contribution in [1.82, 2.24) is 20.1 Å². The summed E-state index contributed by atoms with van der Waals surface area (Å²) < 4.78 is 41.0. The van der Waals surface area contributed by atoms with Crippen LogP contribution in [0.25, 0.3) is 5.82 Å². The molecule has 11 heteroatoms. The normalized spacial score (nSPS) is 11.4. The Morgan fingerprint density at radius 1 is 1.12 bits per heavy atom. The summed E-state index contributed by atoms with van der Waals surface area (Å²) in [6.45, 7) is 5.30. The fourth-order valence-corrected chi connectivity index (χ4v) is 4.59. The molecular formula is C30H25ClF3N5O2. The van der Waals surface area contributed by atoms with Crippen LogP contribution in [0, 0.1) is 18.3 Å². The van der Waals surface area contributed by atoms with Gasteiger partial charge in [0.25, 0.3) is 5.91 Å². The van der Waals surface area contributed by atoms with E-state index in [-0.39, 0.29) is 46.5 Å². The maximum atomic E-state index is 13.8. The van der Waals surface area contributed by atoms with Crippen LogP contribution in [0.15, 0.2) is 60.8 Å². The molecule has 0 atom stereocenters. The van der Waals surface area contributed by atoms with Crippen molar-refractivity contribution in [3.05, 3.63) is 111 Å². The average molecular weight is 580 g/mol. The number of carbonyl (C=O) groups is 2. The maximum Gasteiger partial charge on any atom is 0.416 e. The fraction of sp³-hybridized carbons (Fsp3) is 0.233. The van der Waals surface area contributed by atoms with Crippen molar-refractivity contribution in [3.63, 3.8) is 0 Å². The molecule has 0 fully saturated rings. The maximum absolute atomic E-state index is 13.8. The van der Waals surface area contributed by atoms with E-state index in [1.165, 1.54) is 29.1 Å². The number of nitrogens with one attached hydrogen (secondary N) is 1. The summed E-state index contributed by atoms with van der Waals surface area (Å²) in [5.41, 5.74) is 1.48. The second kappa shape index (κ2) is 11.9. The lowest BCUT2D eigenvalue weighted by atomic mass is 9.93. The first kappa shape index (κ1) is 29.5. The number of ketones is 1. The lowest BCUT2D eigenvalue weighted by Gasteiger charge is -2.15. The van der Waals surface area contributed by atoms with Gasteiger partial charge in [-0.2, -0.15) is 23.5 Å². The Hall–Kier alpha value is -4.49. The second-order valence-electron chi connectivity index (χ2n) is 9.78. The van der Waals surface area contributed by atoms with Crippen molar-refractivity contribution in [2.75, 3.05) is 0 Å². The second-order valence-corrected chi connectivity index (χ2v) is 10.2. The van der Waals surface area contributed by atoms with Gasteiger partial charge in [-0.1, -0.05) is 29.8 Å². The van der Waals surface area contributed by atoms with E-state index in [1.54, 1.807) is 45.0 Å². The van der Waals surface area contributed by atoms with E-state index in [9.17, 15) is 28.0 Å². The van der Waals surface area contributed by atoms with E-state index in [0.29, 0.717) is 22.4 Å². The van der Waals surface area contributed by atoms with Crippen LogP contribution in [0.4, 0.5) is 13.2 Å². The van der Waals surface area contributed by atoms with Crippen molar-refractivity contribution in [1.29, 1.82) is 5.26 Å². The van der Waals surface area contributed by atoms with Gasteiger partial charge in [0.2, 0.25) is 0 Å². The van der Waals surface area contributed by atoms with Gasteiger partial charge in [0, 0.05) is 30.6 Å². The first-order valence-electron chi connectivity index (χ1n) is 12.6. The Morgan fingerprint density at radius 2 is 1.88 bits per heavy atom. The molecule has 0 aliphatic rings. The standard InChI is InChI=1S/C30H25ClF3N5O2/c1-17(2)37-29(41)24-13-20(16-35)10-18(3)23(24)15-27(40)26-14-22(38-39(26)28-25(31)8-5-9-36-28)12-19-6-4-7-21(11-19)30(32,33)34/h4-11,13-14,17H,12,15H2,1-3H3,(H,37,41). The third-order valence-electron chi connectivity index (χ3n) is 6.23. The van der Waals surface area contributed by atoms with Crippen molar-refractivity contribution in [3.8, 4) is 11.9 Å². The molecule has 1 amide bonds. The lowest BCUT2D eigenvalue weighted by molar-refractivity contribution is -0.137. The minimum Gasteiger partial charge on any atom is -0.350 e. The van der Waals surface area contributed by atoms with Gasteiger partial charge in [-0.05, 0) is 73.9 Å². The number of hydrogen-bond donors (Lipinski definition) is 1. The monoisotopic (exact) mass is 579 g/mol. The van der Waals surface area contributed by atoms with E-state index >= 15 is 0 Å². The van der Waals surface area contributed by atoms with Gasteiger partial charge in [0.05, 0.1) is 27.9 Å². The molecule has 0 unspecified atom stereocenters. The quantitative estimate of drug-likeness (QED) is 0.248. The van der Waals surface area contributed by atoms with Crippen LogP contribution in [0.2, 0.25) is 5.02 Å². The number of amides is 1. The first-order chi connectivity index (χ1) is 19.4. The SMILES string of the molecule is Cc1cc(C#N)cc(C(=O)NC(C)C)c1CC(=O)c1cc(Cc2cccc(C(F)(F)F)c2)nn1-c1ncccc1Cl. The predicted molar refractivity (Wildman–Crippen MR) is 147 cm³/mol. The molecule has 0 radical (unpaired) electrons. The summed E-state index contributed by atoms with van der Waals surface area (Å²) in [6.07, 6.45) is -3.23. The van der Waals surface area contributed by atoms with Crippen molar-refractivity contribution in [2.24, 2.45) is 0 Å². The first-order valence-corrected chi connectivity index (χ1v) is 13.0. The number of aromatic nitrogens is 3. The van der Waals surface area contributed by atoms with Crippen LogP contribution < -0.4 is 5.32 Å². The van der Waals surface area contributed by atoms with Gasteiger partial charge in [-0.3, -0.25) is 9.59 Å². The zero-order valence-corrected chi connectivity index (χ0v) is 23.1. The Balaban J connectivity index is 1.77. The van der Waals surface area contributed by atoms with Gasteiger partial charge >= 0.3 is 6.18 Å².